The van der Waals surface area contributed by atoms with Crippen molar-refractivity contribution < 1.29 is 0 Å². The van der Waals surface area contributed by atoms with Gasteiger partial charge < -0.3 is 0 Å². The van der Waals surface area contributed by atoms with Gasteiger partial charge in [0.25, 0.3) is 0 Å². The van der Waals surface area contributed by atoms with E-state index in [4.69, 9.17) is 21.6 Å². The molecule has 0 amide bonds. The summed E-state index contributed by atoms with van der Waals surface area (Å²) in [4.78, 5) is 10.3. The molecule has 0 N–H and O–H groups in total. The van der Waals surface area contributed by atoms with Gasteiger partial charge in [-0.3, -0.25) is 4.98 Å². The van der Waals surface area contributed by atoms with Crippen LogP contribution in [0.5, 0.6) is 0 Å². The van der Waals surface area contributed by atoms with E-state index in [0.717, 1.165) is 38.8 Å². The van der Waals surface area contributed by atoms with Crippen LogP contribution in [-0.4, -0.2) is 18.0 Å². The highest BCUT2D eigenvalue weighted by molar-refractivity contribution is 7.19. The monoisotopic (exact) mass is 600 g/mol. The van der Waals surface area contributed by atoms with Gasteiger partial charge in [0.2, 0.25) is 0 Å². The van der Waals surface area contributed by atoms with Crippen molar-refractivity contribution in [2.45, 2.75) is 0 Å². The minimum atomic E-state index is -2.74. The smallest absolute Gasteiger partial charge is 0.179 e. The zero-order valence-electron chi connectivity index (χ0n) is 24.0. The van der Waals surface area contributed by atoms with Gasteiger partial charge in [-0.25, -0.2) is 4.98 Å². The highest BCUT2D eigenvalue weighted by atomic mass is 35.5. The molecule has 210 valence electrons. The molecule has 7 aromatic rings. The first-order chi connectivity index (χ1) is 21.7. The molecule has 0 radical (unpaired) electrons. The van der Waals surface area contributed by atoms with E-state index in [1.165, 1.54) is 20.7 Å². The molecular weight excluding hydrogens is 572 g/mol. The van der Waals surface area contributed by atoms with Crippen LogP contribution in [0.15, 0.2) is 176 Å². The predicted molar refractivity (Wildman–Crippen MR) is 187 cm³/mol. The SMILES string of the molecule is Clc1ccc([Si](c2ccccc2)(c2ccccc2)c2cccc(-c3cnc(-c4ccccc4)c(-c4ccccc4)n3)c2)cc1. The fraction of sp³-hybridized carbons (Fsp3) is 0. The van der Waals surface area contributed by atoms with Gasteiger partial charge in [0.05, 0.1) is 23.3 Å². The van der Waals surface area contributed by atoms with Crippen LogP contribution >= 0.6 is 11.6 Å². The van der Waals surface area contributed by atoms with Crippen molar-refractivity contribution in [2.24, 2.45) is 0 Å². The first-order valence-corrected chi connectivity index (χ1v) is 17.1. The first-order valence-electron chi connectivity index (χ1n) is 14.7. The van der Waals surface area contributed by atoms with Crippen molar-refractivity contribution in [3.8, 4) is 33.8 Å². The van der Waals surface area contributed by atoms with Crippen molar-refractivity contribution in [3.05, 3.63) is 181 Å². The molecule has 1 heterocycles. The molecular formula is C40H29ClN2Si. The third-order valence-corrected chi connectivity index (χ3v) is 13.2. The Morgan fingerprint density at radius 1 is 0.409 bits per heavy atom. The fourth-order valence-electron chi connectivity index (χ4n) is 6.12. The number of hydrogen-bond acceptors (Lipinski definition) is 2. The summed E-state index contributed by atoms with van der Waals surface area (Å²) in [6, 6.07) is 59.7. The van der Waals surface area contributed by atoms with Crippen molar-refractivity contribution in [1.82, 2.24) is 9.97 Å². The van der Waals surface area contributed by atoms with Crippen LogP contribution in [0.3, 0.4) is 0 Å². The summed E-state index contributed by atoms with van der Waals surface area (Å²) >= 11 is 6.43. The number of aromatic nitrogens is 2. The summed E-state index contributed by atoms with van der Waals surface area (Å²) in [5, 5.41) is 5.88. The van der Waals surface area contributed by atoms with Gasteiger partial charge in [-0.1, -0.05) is 169 Å². The second-order valence-electron chi connectivity index (χ2n) is 10.8. The second kappa shape index (κ2) is 12.3. The van der Waals surface area contributed by atoms with Gasteiger partial charge in [-0.15, -0.1) is 0 Å². The third kappa shape index (κ3) is 5.17. The van der Waals surface area contributed by atoms with E-state index in [2.05, 4.69) is 121 Å². The summed E-state index contributed by atoms with van der Waals surface area (Å²) in [7, 11) is -2.74. The maximum atomic E-state index is 6.43. The fourth-order valence-corrected chi connectivity index (χ4v) is 11.0. The van der Waals surface area contributed by atoms with Crippen LogP contribution in [0, 0.1) is 0 Å². The maximum Gasteiger partial charge on any atom is 0.179 e. The molecule has 0 bridgehead atoms. The molecule has 6 aromatic carbocycles. The summed E-state index contributed by atoms with van der Waals surface area (Å²) in [5.41, 5.74) is 5.69. The maximum absolute atomic E-state index is 6.43. The van der Waals surface area contributed by atoms with Crippen LogP contribution in [-0.2, 0) is 0 Å². The quantitative estimate of drug-likeness (QED) is 0.140. The van der Waals surface area contributed by atoms with E-state index in [0.29, 0.717) is 0 Å². The lowest BCUT2D eigenvalue weighted by Crippen LogP contribution is -2.74. The molecule has 1 aromatic heterocycles. The molecule has 0 spiro atoms. The zero-order valence-corrected chi connectivity index (χ0v) is 25.8. The standard InChI is InChI=1S/C40H29ClN2Si/c41-33-24-26-36(27-25-33)44(34-19-9-3-10-20-34,35-21-11-4-12-22-35)37-23-13-18-32(28-37)38-29-42-39(30-14-5-1-6-15-30)40(43-38)31-16-7-2-8-17-31/h1-29H. The van der Waals surface area contributed by atoms with Crippen molar-refractivity contribution in [3.63, 3.8) is 0 Å². The Morgan fingerprint density at radius 3 is 1.43 bits per heavy atom. The summed E-state index contributed by atoms with van der Waals surface area (Å²) in [5.74, 6) is 0. The molecule has 0 aliphatic heterocycles. The Labute approximate surface area is 264 Å². The van der Waals surface area contributed by atoms with Gasteiger partial charge in [-0.05, 0) is 32.9 Å². The Kier molecular flexibility index (Phi) is 7.72. The average Bonchev–Trinajstić information content (AvgIpc) is 3.11. The van der Waals surface area contributed by atoms with Gasteiger partial charge in [0.15, 0.2) is 8.07 Å². The molecule has 0 saturated carbocycles. The molecule has 0 atom stereocenters. The van der Waals surface area contributed by atoms with Gasteiger partial charge >= 0.3 is 0 Å². The number of nitrogens with zero attached hydrogens (tertiary/aromatic N) is 2. The van der Waals surface area contributed by atoms with Crippen LogP contribution < -0.4 is 20.7 Å². The number of hydrogen-bond donors (Lipinski definition) is 0. The minimum Gasteiger partial charge on any atom is -0.252 e. The van der Waals surface area contributed by atoms with E-state index >= 15 is 0 Å². The Morgan fingerprint density at radius 2 is 0.864 bits per heavy atom. The molecule has 0 aliphatic carbocycles. The van der Waals surface area contributed by atoms with Crippen LogP contribution in [0.25, 0.3) is 33.8 Å². The van der Waals surface area contributed by atoms with E-state index in [9.17, 15) is 0 Å². The predicted octanol–water partition coefficient (Wildman–Crippen LogP) is 7.51. The summed E-state index contributed by atoms with van der Waals surface area (Å²) in [6.45, 7) is 0. The molecule has 0 unspecified atom stereocenters. The molecule has 7 rings (SSSR count). The lowest BCUT2D eigenvalue weighted by molar-refractivity contribution is 1.21. The molecule has 0 aliphatic rings. The molecule has 4 heteroatoms. The summed E-state index contributed by atoms with van der Waals surface area (Å²) < 4.78 is 0. The highest BCUT2D eigenvalue weighted by Gasteiger charge is 2.41. The van der Waals surface area contributed by atoms with Gasteiger partial charge in [-0.2, -0.15) is 0 Å². The lowest BCUT2D eigenvalue weighted by atomic mass is 10.0. The molecule has 2 nitrogen and oxygen atoms in total. The minimum absolute atomic E-state index is 0.730. The van der Waals surface area contributed by atoms with Crippen molar-refractivity contribution >= 4 is 40.4 Å². The van der Waals surface area contributed by atoms with Crippen LogP contribution in [0.4, 0.5) is 0 Å². The number of halogens is 1. The third-order valence-electron chi connectivity index (χ3n) is 8.15. The highest BCUT2D eigenvalue weighted by Crippen LogP contribution is 2.31. The van der Waals surface area contributed by atoms with Crippen LogP contribution in [0.2, 0.25) is 5.02 Å². The van der Waals surface area contributed by atoms with E-state index < -0.39 is 8.07 Å². The van der Waals surface area contributed by atoms with E-state index in [-0.39, 0.29) is 0 Å². The molecule has 44 heavy (non-hydrogen) atoms. The number of rotatable bonds is 7. The normalized spacial score (nSPS) is 11.3. The summed E-state index contributed by atoms with van der Waals surface area (Å²) in [6.07, 6.45) is 1.91. The van der Waals surface area contributed by atoms with Gasteiger partial charge in [0.1, 0.15) is 0 Å². The lowest BCUT2D eigenvalue weighted by Gasteiger charge is -2.34. The molecule has 0 fully saturated rings. The van der Waals surface area contributed by atoms with Crippen molar-refractivity contribution in [2.75, 3.05) is 0 Å². The van der Waals surface area contributed by atoms with Gasteiger partial charge in [0, 0.05) is 21.7 Å². The number of benzene rings is 6. The molecule has 0 saturated heterocycles. The van der Waals surface area contributed by atoms with E-state index in [1.807, 2.05) is 54.7 Å². The van der Waals surface area contributed by atoms with Crippen molar-refractivity contribution in [1.29, 1.82) is 0 Å². The largest absolute Gasteiger partial charge is 0.252 e. The second-order valence-corrected chi connectivity index (χ2v) is 15.0. The Balaban J connectivity index is 1.46. The van der Waals surface area contributed by atoms with Crippen LogP contribution in [0.1, 0.15) is 0 Å². The average molecular weight is 601 g/mol. The topological polar surface area (TPSA) is 25.8 Å². The Hall–Kier alpha value is -5.09. The Bertz CT molecular complexity index is 1960. The zero-order chi connectivity index (χ0) is 29.8. The first kappa shape index (κ1) is 27.7. The van der Waals surface area contributed by atoms with E-state index in [1.54, 1.807) is 0 Å².